The van der Waals surface area contributed by atoms with Crippen molar-refractivity contribution in [2.45, 2.75) is 56.2 Å². The molecule has 1 atom stereocenters. The number of alkyl halides is 6. The maximum atomic E-state index is 14.6. The van der Waals surface area contributed by atoms with E-state index >= 15 is 0 Å². The molecule has 220 valence electrons. The fraction of sp³-hybridized carbons (Fsp3) is 0.519. The largest absolute Gasteiger partial charge is 0.430 e. The number of carbonyl (C=O) groups is 1. The molecule has 6 nitrogen and oxygen atoms in total. The number of likely N-dealkylation sites (tertiary alicyclic amines) is 1. The van der Waals surface area contributed by atoms with Crippen LogP contribution in [0.3, 0.4) is 0 Å². The van der Waals surface area contributed by atoms with Gasteiger partial charge in [0.25, 0.3) is 5.60 Å². The van der Waals surface area contributed by atoms with Crippen LogP contribution in [0.15, 0.2) is 42.5 Å². The van der Waals surface area contributed by atoms with E-state index in [1.165, 1.54) is 12.1 Å². The van der Waals surface area contributed by atoms with E-state index < -0.39 is 35.4 Å². The molecule has 0 unspecified atom stereocenters. The minimum atomic E-state index is -5.92. The second-order valence-corrected chi connectivity index (χ2v) is 10.3. The van der Waals surface area contributed by atoms with Crippen LogP contribution in [0.5, 0.6) is 0 Å². The zero-order valence-corrected chi connectivity index (χ0v) is 21.4. The number of ether oxygens (including phenoxy) is 1. The highest BCUT2D eigenvalue weighted by atomic mass is 19.4. The highest BCUT2D eigenvalue weighted by Gasteiger charge is 2.71. The van der Waals surface area contributed by atoms with Gasteiger partial charge in [-0.3, -0.25) is 4.90 Å². The van der Waals surface area contributed by atoms with Gasteiger partial charge >= 0.3 is 18.4 Å². The van der Waals surface area contributed by atoms with E-state index in [1.807, 2.05) is 4.90 Å². The molecule has 13 heteroatoms. The lowest BCUT2D eigenvalue weighted by Crippen LogP contribution is -2.53. The van der Waals surface area contributed by atoms with Crippen LogP contribution < -0.4 is 10.6 Å². The number of rotatable bonds is 7. The second-order valence-electron chi connectivity index (χ2n) is 10.3. The van der Waals surface area contributed by atoms with Gasteiger partial charge in [-0.25, -0.2) is 9.18 Å². The van der Waals surface area contributed by atoms with Crippen molar-refractivity contribution < 1.29 is 45.4 Å². The van der Waals surface area contributed by atoms with Crippen molar-refractivity contribution in [3.63, 3.8) is 0 Å². The van der Waals surface area contributed by atoms with Crippen molar-refractivity contribution in [3.05, 3.63) is 65.0 Å². The quantitative estimate of drug-likeness (QED) is 0.380. The van der Waals surface area contributed by atoms with Crippen molar-refractivity contribution in [2.24, 2.45) is 5.92 Å². The Morgan fingerprint density at radius 2 is 1.57 bits per heavy atom. The van der Waals surface area contributed by atoms with Gasteiger partial charge in [0.1, 0.15) is 5.82 Å². The molecule has 2 aliphatic heterocycles. The summed E-state index contributed by atoms with van der Waals surface area (Å²) in [5.41, 5.74) is -4.86. The van der Waals surface area contributed by atoms with Crippen LogP contribution in [0.25, 0.3) is 0 Å². The van der Waals surface area contributed by atoms with E-state index in [0.717, 1.165) is 30.5 Å². The first kappa shape index (κ1) is 30.1. The first-order valence-corrected chi connectivity index (χ1v) is 12.9. The minimum Gasteiger partial charge on any atom is -0.379 e. The predicted octanol–water partition coefficient (Wildman–Crippen LogP) is 5.50. The summed E-state index contributed by atoms with van der Waals surface area (Å²) in [5.74, 6) is -0.282. The Morgan fingerprint density at radius 1 is 0.950 bits per heavy atom. The number of nitrogens with one attached hydrogen (secondary N) is 2. The van der Waals surface area contributed by atoms with Crippen molar-refractivity contribution in [1.82, 2.24) is 10.2 Å². The summed E-state index contributed by atoms with van der Waals surface area (Å²) in [7, 11) is 0. The number of benzene rings is 2. The number of carbonyl (C=O) groups excluding carboxylic acids is 1. The molecular weight excluding hydrogens is 547 g/mol. The van der Waals surface area contributed by atoms with E-state index in [1.54, 1.807) is 6.07 Å². The van der Waals surface area contributed by atoms with Gasteiger partial charge in [0, 0.05) is 18.7 Å². The number of hydrogen-bond acceptors (Lipinski definition) is 4. The monoisotopic (exact) mass is 577 g/mol. The maximum Gasteiger partial charge on any atom is 0.430 e. The fourth-order valence-corrected chi connectivity index (χ4v) is 5.06. The van der Waals surface area contributed by atoms with E-state index in [9.17, 15) is 40.6 Å². The molecule has 0 spiro atoms. The zero-order valence-electron chi connectivity index (χ0n) is 21.4. The Bertz CT molecular complexity index is 1140. The van der Waals surface area contributed by atoms with Gasteiger partial charge in [0.2, 0.25) is 0 Å². The molecule has 0 aliphatic carbocycles. The molecule has 0 aromatic heterocycles. The number of piperidine rings is 1. The lowest BCUT2D eigenvalue weighted by atomic mass is 9.89. The zero-order chi connectivity index (χ0) is 29.1. The molecule has 2 amide bonds. The lowest BCUT2D eigenvalue weighted by molar-refractivity contribution is -0.376. The molecule has 0 saturated carbocycles. The summed E-state index contributed by atoms with van der Waals surface area (Å²) in [5, 5.41) is 14.8. The fourth-order valence-electron chi connectivity index (χ4n) is 5.06. The average Bonchev–Trinajstić information content (AvgIpc) is 3.38. The highest BCUT2D eigenvalue weighted by molar-refractivity contribution is 5.89. The van der Waals surface area contributed by atoms with Crippen LogP contribution in [-0.4, -0.2) is 60.7 Å². The van der Waals surface area contributed by atoms with Gasteiger partial charge in [-0.15, -0.1) is 0 Å². The van der Waals surface area contributed by atoms with Crippen LogP contribution in [0.4, 0.5) is 41.2 Å². The molecule has 0 radical (unpaired) electrons. The smallest absolute Gasteiger partial charge is 0.379 e. The first-order valence-electron chi connectivity index (χ1n) is 12.9. The number of halogens is 7. The van der Waals surface area contributed by atoms with Crippen molar-refractivity contribution in [1.29, 1.82) is 0 Å². The number of amides is 2. The molecule has 2 aliphatic rings. The molecule has 2 aromatic rings. The molecule has 3 N–H and O–H groups in total. The third-order valence-electron chi connectivity index (χ3n) is 7.38. The Hall–Kier alpha value is -2.90. The summed E-state index contributed by atoms with van der Waals surface area (Å²) < 4.78 is 98.3. The van der Waals surface area contributed by atoms with Crippen LogP contribution in [0.2, 0.25) is 0 Å². The van der Waals surface area contributed by atoms with E-state index in [-0.39, 0.29) is 17.6 Å². The average molecular weight is 578 g/mol. The third kappa shape index (κ3) is 6.87. The van der Waals surface area contributed by atoms with Gasteiger partial charge in [-0.05, 0) is 68.0 Å². The van der Waals surface area contributed by atoms with E-state index in [2.05, 4.69) is 10.6 Å². The van der Waals surface area contributed by atoms with Crippen molar-refractivity contribution in [2.75, 3.05) is 31.6 Å². The summed E-state index contributed by atoms with van der Waals surface area (Å²) in [6.45, 7) is 2.62. The number of hydrogen-bond donors (Lipinski definition) is 3. The Morgan fingerprint density at radius 3 is 2.12 bits per heavy atom. The molecule has 40 heavy (non-hydrogen) atoms. The molecule has 4 rings (SSSR count). The Labute approximate surface area is 226 Å². The SMILES string of the molecule is O=C(Nc1ccc(CC2CCN(Cc3ccc(C(O)(C(F)(F)F)C(F)(F)F)cc3)CC2)cc1F)N[C@H]1CCOC1. The molecule has 2 saturated heterocycles. The molecule has 2 heterocycles. The van der Waals surface area contributed by atoms with E-state index in [4.69, 9.17) is 4.74 Å². The number of aliphatic hydroxyl groups is 1. The Balaban J connectivity index is 1.27. The number of nitrogens with zero attached hydrogens (tertiary/aromatic N) is 1. The second kappa shape index (κ2) is 11.9. The third-order valence-corrected chi connectivity index (χ3v) is 7.38. The van der Waals surface area contributed by atoms with Gasteiger partial charge in [0.05, 0.1) is 18.3 Å². The lowest BCUT2D eigenvalue weighted by Gasteiger charge is -2.33. The van der Waals surface area contributed by atoms with Crippen LogP contribution in [-0.2, 0) is 23.3 Å². The van der Waals surface area contributed by atoms with Crippen molar-refractivity contribution in [3.8, 4) is 0 Å². The summed E-state index contributed by atoms with van der Waals surface area (Å²) in [4.78, 5) is 14.1. The normalized spacial score (nSPS) is 19.6. The van der Waals surface area contributed by atoms with Gasteiger partial charge in [-0.2, -0.15) is 26.3 Å². The number of anilines is 1. The highest BCUT2D eigenvalue weighted by Crippen LogP contribution is 2.50. The Kier molecular flexibility index (Phi) is 8.96. The molecular formula is C27H30F7N3O3. The van der Waals surface area contributed by atoms with Gasteiger partial charge in [-0.1, -0.05) is 30.3 Å². The van der Waals surface area contributed by atoms with Gasteiger partial charge in [0.15, 0.2) is 0 Å². The number of urea groups is 1. The summed E-state index contributed by atoms with van der Waals surface area (Å²) >= 11 is 0. The van der Waals surface area contributed by atoms with Crippen LogP contribution in [0, 0.1) is 11.7 Å². The first-order chi connectivity index (χ1) is 18.8. The topological polar surface area (TPSA) is 73.8 Å². The van der Waals surface area contributed by atoms with Crippen LogP contribution in [0.1, 0.15) is 36.0 Å². The molecule has 2 aromatic carbocycles. The summed E-state index contributed by atoms with van der Waals surface area (Å²) in [6.07, 6.45) is -8.98. The molecule has 0 bridgehead atoms. The maximum absolute atomic E-state index is 14.6. The predicted molar refractivity (Wildman–Crippen MR) is 132 cm³/mol. The van der Waals surface area contributed by atoms with E-state index in [0.29, 0.717) is 63.4 Å². The summed E-state index contributed by atoms with van der Waals surface area (Å²) in [6, 6.07) is 7.70. The molecule has 2 fully saturated rings. The minimum absolute atomic E-state index is 0.0740. The standard InChI is InChI=1S/C27H30F7N3O3/c28-22-14-19(3-6-23(22)36-24(38)35-21-9-12-40-16-21)13-17-7-10-37(11-8-17)15-18-1-4-20(5-2-18)25(39,26(29,30)31)27(32,33)34/h1-6,14,17,21,39H,7-13,15-16H2,(H2,35,36,38)/t21-/m0/s1. The van der Waals surface area contributed by atoms with Gasteiger partial charge < -0.3 is 20.5 Å². The van der Waals surface area contributed by atoms with Crippen molar-refractivity contribution >= 4 is 11.7 Å². The van der Waals surface area contributed by atoms with Crippen LogP contribution >= 0.6 is 0 Å².